The van der Waals surface area contributed by atoms with Gasteiger partial charge in [0.05, 0.1) is 5.69 Å². The van der Waals surface area contributed by atoms with Crippen molar-refractivity contribution in [3.8, 4) is 5.75 Å². The van der Waals surface area contributed by atoms with E-state index in [1.807, 2.05) is 12.1 Å². The summed E-state index contributed by atoms with van der Waals surface area (Å²) in [7, 11) is 1.74. The van der Waals surface area contributed by atoms with E-state index in [9.17, 15) is 8.78 Å². The Hall–Kier alpha value is -2.09. The highest BCUT2D eigenvalue weighted by Gasteiger charge is 2.25. The summed E-state index contributed by atoms with van der Waals surface area (Å²) in [5.74, 6) is 0.959. The van der Waals surface area contributed by atoms with Gasteiger partial charge in [-0.05, 0) is 31.4 Å². The van der Waals surface area contributed by atoms with Crippen LogP contribution in [0.4, 0.5) is 14.5 Å². The molecule has 8 heteroatoms. The topological polar surface area (TPSA) is 58.1 Å². The molecule has 1 aliphatic heterocycles. The second kappa shape index (κ2) is 12.4. The van der Waals surface area contributed by atoms with E-state index in [4.69, 9.17) is 4.74 Å². The third-order valence-corrected chi connectivity index (χ3v) is 4.57. The molecule has 0 amide bonds. The SMILES string of the molecule is CCCCOCCCNC(=NC)NC1CCN(c2ccccc2OC(F)F)C1. The number of para-hydroxylation sites is 2. The van der Waals surface area contributed by atoms with Crippen molar-refractivity contribution in [2.24, 2.45) is 4.99 Å². The number of hydrogen-bond acceptors (Lipinski definition) is 4. The molecule has 1 aliphatic rings. The molecule has 6 nitrogen and oxygen atoms in total. The minimum atomic E-state index is -2.83. The smallest absolute Gasteiger partial charge is 0.387 e. The fraction of sp³-hybridized carbons (Fsp3) is 0.650. The van der Waals surface area contributed by atoms with Crippen LogP contribution in [0.3, 0.4) is 0 Å². The number of alkyl halides is 2. The maximum Gasteiger partial charge on any atom is 0.387 e. The normalized spacial score (nSPS) is 17.2. The number of unbranched alkanes of at least 4 members (excludes halogenated alkanes) is 1. The highest BCUT2D eigenvalue weighted by atomic mass is 19.3. The van der Waals surface area contributed by atoms with Crippen LogP contribution in [0.5, 0.6) is 5.75 Å². The van der Waals surface area contributed by atoms with Gasteiger partial charge in [0.1, 0.15) is 5.75 Å². The molecule has 1 aromatic rings. The van der Waals surface area contributed by atoms with Crippen LogP contribution in [0.2, 0.25) is 0 Å². The van der Waals surface area contributed by atoms with Crippen LogP contribution in [-0.4, -0.2) is 58.5 Å². The molecule has 1 heterocycles. The van der Waals surface area contributed by atoms with E-state index < -0.39 is 6.61 Å². The van der Waals surface area contributed by atoms with Gasteiger partial charge in [-0.3, -0.25) is 4.99 Å². The molecule has 0 radical (unpaired) electrons. The number of anilines is 1. The fourth-order valence-electron chi connectivity index (χ4n) is 3.13. The van der Waals surface area contributed by atoms with Gasteiger partial charge in [0.25, 0.3) is 0 Å². The lowest BCUT2D eigenvalue weighted by Crippen LogP contribution is -2.45. The zero-order chi connectivity index (χ0) is 20.2. The molecule has 0 bridgehead atoms. The van der Waals surface area contributed by atoms with Crippen molar-refractivity contribution in [3.05, 3.63) is 24.3 Å². The lowest BCUT2D eigenvalue weighted by atomic mass is 10.2. The number of aliphatic imine (C=N–C) groups is 1. The molecule has 28 heavy (non-hydrogen) atoms. The molecule has 1 fully saturated rings. The van der Waals surface area contributed by atoms with Gasteiger partial charge in [-0.15, -0.1) is 0 Å². The third kappa shape index (κ3) is 7.50. The molecule has 2 rings (SSSR count). The van der Waals surface area contributed by atoms with Crippen LogP contribution in [0.1, 0.15) is 32.6 Å². The summed E-state index contributed by atoms with van der Waals surface area (Å²) in [6.45, 7) is 3.13. The van der Waals surface area contributed by atoms with E-state index in [1.54, 1.807) is 19.2 Å². The molecule has 0 aliphatic carbocycles. The summed E-state index contributed by atoms with van der Waals surface area (Å²) in [5.41, 5.74) is 0.694. The predicted molar refractivity (Wildman–Crippen MR) is 109 cm³/mol. The van der Waals surface area contributed by atoms with Gasteiger partial charge in [-0.25, -0.2) is 0 Å². The van der Waals surface area contributed by atoms with Crippen molar-refractivity contribution < 1.29 is 18.3 Å². The summed E-state index contributed by atoms with van der Waals surface area (Å²) in [5, 5.41) is 6.70. The van der Waals surface area contributed by atoms with Gasteiger partial charge in [-0.2, -0.15) is 8.78 Å². The van der Waals surface area contributed by atoms with Gasteiger partial charge >= 0.3 is 6.61 Å². The van der Waals surface area contributed by atoms with Gasteiger partial charge in [0, 0.05) is 45.9 Å². The Morgan fingerprint density at radius 3 is 2.82 bits per heavy atom. The molecule has 1 atom stereocenters. The van der Waals surface area contributed by atoms with Crippen LogP contribution in [0, 0.1) is 0 Å². The second-order valence-electron chi connectivity index (χ2n) is 6.74. The Bertz CT molecular complexity index is 601. The molecule has 0 spiro atoms. The molecule has 1 aromatic carbocycles. The summed E-state index contributed by atoms with van der Waals surface area (Å²) in [6, 6.07) is 7.10. The van der Waals surface area contributed by atoms with Gasteiger partial charge < -0.3 is 25.0 Å². The standard InChI is InChI=1S/C20H32F2N4O2/c1-3-4-13-27-14-7-11-24-20(23-2)25-16-10-12-26(15-16)17-8-5-6-9-18(17)28-19(21)22/h5-6,8-9,16,19H,3-4,7,10-15H2,1-2H3,(H2,23,24,25). The lowest BCUT2D eigenvalue weighted by Gasteiger charge is -2.22. The first-order chi connectivity index (χ1) is 13.6. The Kier molecular flexibility index (Phi) is 9.82. The van der Waals surface area contributed by atoms with Crippen molar-refractivity contribution in [1.29, 1.82) is 0 Å². The van der Waals surface area contributed by atoms with E-state index in [-0.39, 0.29) is 11.8 Å². The predicted octanol–water partition coefficient (Wildman–Crippen LogP) is 3.24. The summed E-state index contributed by atoms with van der Waals surface area (Å²) >= 11 is 0. The monoisotopic (exact) mass is 398 g/mol. The van der Waals surface area contributed by atoms with Crippen molar-refractivity contribution in [1.82, 2.24) is 10.6 Å². The third-order valence-electron chi connectivity index (χ3n) is 4.57. The summed E-state index contributed by atoms with van der Waals surface area (Å²) < 4.78 is 35.5. The quantitative estimate of drug-likeness (QED) is 0.340. The van der Waals surface area contributed by atoms with E-state index in [1.165, 1.54) is 0 Å². The molecule has 158 valence electrons. The Morgan fingerprint density at radius 1 is 1.29 bits per heavy atom. The molecule has 2 N–H and O–H groups in total. The maximum atomic E-state index is 12.6. The number of hydrogen-bond donors (Lipinski definition) is 2. The lowest BCUT2D eigenvalue weighted by molar-refractivity contribution is -0.0495. The number of halogens is 2. The molecule has 1 saturated heterocycles. The van der Waals surface area contributed by atoms with Crippen LogP contribution >= 0.6 is 0 Å². The van der Waals surface area contributed by atoms with Crippen molar-refractivity contribution in [2.45, 2.75) is 45.3 Å². The fourth-order valence-corrected chi connectivity index (χ4v) is 3.13. The molecular weight excluding hydrogens is 366 g/mol. The number of ether oxygens (including phenoxy) is 2. The van der Waals surface area contributed by atoms with Crippen molar-refractivity contribution >= 4 is 11.6 Å². The van der Waals surface area contributed by atoms with E-state index in [0.717, 1.165) is 57.9 Å². The van der Waals surface area contributed by atoms with Crippen LogP contribution in [0.25, 0.3) is 0 Å². The minimum Gasteiger partial charge on any atom is -0.433 e. The van der Waals surface area contributed by atoms with Gasteiger partial charge in [0.15, 0.2) is 5.96 Å². The van der Waals surface area contributed by atoms with E-state index in [2.05, 4.69) is 32.2 Å². The first-order valence-electron chi connectivity index (χ1n) is 9.97. The Morgan fingerprint density at radius 2 is 2.07 bits per heavy atom. The van der Waals surface area contributed by atoms with Gasteiger partial charge in [-0.1, -0.05) is 25.5 Å². The maximum absolute atomic E-state index is 12.6. The number of nitrogens with one attached hydrogen (secondary N) is 2. The Balaban J connectivity index is 1.76. The average Bonchev–Trinajstić information content (AvgIpc) is 3.14. The van der Waals surface area contributed by atoms with Crippen LogP contribution in [0.15, 0.2) is 29.3 Å². The van der Waals surface area contributed by atoms with Crippen LogP contribution in [-0.2, 0) is 4.74 Å². The summed E-state index contributed by atoms with van der Waals surface area (Å²) in [4.78, 5) is 6.32. The first kappa shape index (κ1) is 22.2. The largest absolute Gasteiger partial charge is 0.433 e. The van der Waals surface area contributed by atoms with Gasteiger partial charge in [0.2, 0.25) is 0 Å². The Labute approximate surface area is 166 Å². The van der Waals surface area contributed by atoms with Crippen LogP contribution < -0.4 is 20.3 Å². The number of benzene rings is 1. The molecule has 0 aromatic heterocycles. The van der Waals surface area contributed by atoms with Crippen molar-refractivity contribution in [3.63, 3.8) is 0 Å². The number of nitrogens with zero attached hydrogens (tertiary/aromatic N) is 2. The van der Waals surface area contributed by atoms with Crippen molar-refractivity contribution in [2.75, 3.05) is 44.8 Å². The molecular formula is C20H32F2N4O2. The first-order valence-corrected chi connectivity index (χ1v) is 9.97. The minimum absolute atomic E-state index is 0.187. The zero-order valence-corrected chi connectivity index (χ0v) is 16.8. The zero-order valence-electron chi connectivity index (χ0n) is 16.8. The summed E-state index contributed by atoms with van der Waals surface area (Å²) in [6.07, 6.45) is 4.05. The molecule has 0 saturated carbocycles. The number of guanidine groups is 1. The molecule has 1 unspecified atom stereocenters. The number of rotatable bonds is 11. The van der Waals surface area contributed by atoms with E-state index in [0.29, 0.717) is 12.2 Å². The highest BCUT2D eigenvalue weighted by molar-refractivity contribution is 5.80. The second-order valence-corrected chi connectivity index (χ2v) is 6.74. The average molecular weight is 398 g/mol. The highest BCUT2D eigenvalue weighted by Crippen LogP contribution is 2.31. The van der Waals surface area contributed by atoms with E-state index >= 15 is 0 Å².